The Labute approximate surface area is 155 Å². The quantitative estimate of drug-likeness (QED) is 0.616. The van der Waals surface area contributed by atoms with E-state index in [-0.39, 0.29) is 0 Å². The van der Waals surface area contributed by atoms with Crippen LogP contribution in [-0.2, 0) is 6.54 Å². The first-order valence-corrected chi connectivity index (χ1v) is 9.39. The summed E-state index contributed by atoms with van der Waals surface area (Å²) in [4.78, 5) is 11.6. The molecule has 0 saturated carbocycles. The molecular weight excluding hydrogens is 326 g/mol. The van der Waals surface area contributed by atoms with E-state index in [1.54, 1.807) is 6.26 Å². The first-order chi connectivity index (χ1) is 12.7. The molecule has 26 heavy (non-hydrogen) atoms. The van der Waals surface area contributed by atoms with E-state index in [4.69, 9.17) is 4.42 Å². The van der Waals surface area contributed by atoms with Crippen molar-refractivity contribution in [2.45, 2.75) is 39.3 Å². The molecule has 1 unspecified atom stereocenters. The van der Waals surface area contributed by atoms with Crippen molar-refractivity contribution < 1.29 is 4.42 Å². The zero-order valence-corrected chi connectivity index (χ0v) is 16.0. The fraction of sp³-hybridized carbons (Fsp3) is 0.500. The van der Waals surface area contributed by atoms with Gasteiger partial charge in [0.15, 0.2) is 5.96 Å². The second kappa shape index (κ2) is 8.85. The van der Waals surface area contributed by atoms with Crippen LogP contribution in [0.5, 0.6) is 0 Å². The number of likely N-dealkylation sites (tertiary alicyclic amines) is 1. The molecule has 0 aliphatic carbocycles. The molecule has 1 aromatic carbocycles. The van der Waals surface area contributed by atoms with Crippen LogP contribution in [0.3, 0.4) is 0 Å². The third kappa shape index (κ3) is 4.85. The van der Waals surface area contributed by atoms with E-state index in [1.807, 2.05) is 12.1 Å². The second-order valence-electron chi connectivity index (χ2n) is 6.86. The van der Waals surface area contributed by atoms with Crippen LogP contribution >= 0.6 is 0 Å². The SMILES string of the molecule is CCNC(=NCc1coc(-c2ccc(C)cc2)n1)NCC1CCCN1C. The molecule has 1 aliphatic heterocycles. The van der Waals surface area contributed by atoms with Crippen LogP contribution in [0.4, 0.5) is 0 Å². The van der Waals surface area contributed by atoms with Crippen molar-refractivity contribution in [3.63, 3.8) is 0 Å². The van der Waals surface area contributed by atoms with Crippen molar-refractivity contribution in [2.75, 3.05) is 26.7 Å². The van der Waals surface area contributed by atoms with Gasteiger partial charge in [-0.1, -0.05) is 17.7 Å². The van der Waals surface area contributed by atoms with Crippen molar-refractivity contribution in [3.8, 4) is 11.5 Å². The van der Waals surface area contributed by atoms with Crippen LogP contribution in [0.2, 0.25) is 0 Å². The van der Waals surface area contributed by atoms with Crippen LogP contribution in [0.15, 0.2) is 39.9 Å². The van der Waals surface area contributed by atoms with Crippen molar-refractivity contribution >= 4 is 5.96 Å². The molecule has 1 aliphatic rings. The summed E-state index contributed by atoms with van der Waals surface area (Å²) >= 11 is 0. The van der Waals surface area contributed by atoms with E-state index in [0.29, 0.717) is 18.5 Å². The Balaban J connectivity index is 1.59. The van der Waals surface area contributed by atoms with E-state index in [9.17, 15) is 0 Å². The summed E-state index contributed by atoms with van der Waals surface area (Å²) < 4.78 is 5.61. The van der Waals surface area contributed by atoms with Gasteiger partial charge in [0, 0.05) is 24.7 Å². The van der Waals surface area contributed by atoms with Gasteiger partial charge in [-0.15, -0.1) is 0 Å². The summed E-state index contributed by atoms with van der Waals surface area (Å²) in [5.74, 6) is 1.47. The summed E-state index contributed by atoms with van der Waals surface area (Å²) in [5, 5.41) is 6.75. The minimum Gasteiger partial charge on any atom is -0.444 e. The zero-order chi connectivity index (χ0) is 18.4. The smallest absolute Gasteiger partial charge is 0.226 e. The molecule has 1 aromatic heterocycles. The zero-order valence-electron chi connectivity index (χ0n) is 16.0. The van der Waals surface area contributed by atoms with Gasteiger partial charge in [-0.25, -0.2) is 9.98 Å². The Morgan fingerprint density at radius 2 is 2.12 bits per heavy atom. The molecule has 6 nitrogen and oxygen atoms in total. The van der Waals surface area contributed by atoms with Crippen LogP contribution in [0, 0.1) is 6.92 Å². The molecule has 2 N–H and O–H groups in total. The van der Waals surface area contributed by atoms with Gasteiger partial charge in [0.2, 0.25) is 5.89 Å². The molecule has 0 bridgehead atoms. The number of benzene rings is 1. The topological polar surface area (TPSA) is 65.7 Å². The van der Waals surface area contributed by atoms with E-state index in [1.165, 1.54) is 24.9 Å². The summed E-state index contributed by atoms with van der Waals surface area (Å²) in [5.41, 5.74) is 3.04. The highest BCUT2D eigenvalue weighted by molar-refractivity contribution is 5.79. The number of oxazole rings is 1. The minimum atomic E-state index is 0.491. The second-order valence-corrected chi connectivity index (χ2v) is 6.86. The molecule has 2 aromatic rings. The Bertz CT molecular complexity index is 722. The highest BCUT2D eigenvalue weighted by atomic mass is 16.3. The van der Waals surface area contributed by atoms with Crippen LogP contribution in [0.25, 0.3) is 11.5 Å². The van der Waals surface area contributed by atoms with E-state index in [2.05, 4.69) is 58.5 Å². The third-order valence-corrected chi connectivity index (χ3v) is 4.77. The normalized spacial score (nSPS) is 18.3. The van der Waals surface area contributed by atoms with Gasteiger partial charge in [-0.3, -0.25) is 0 Å². The lowest BCUT2D eigenvalue weighted by molar-refractivity contribution is 0.309. The van der Waals surface area contributed by atoms with Crippen molar-refractivity contribution in [3.05, 3.63) is 41.8 Å². The Kier molecular flexibility index (Phi) is 6.28. The van der Waals surface area contributed by atoms with E-state index >= 15 is 0 Å². The largest absolute Gasteiger partial charge is 0.444 e. The summed E-state index contributed by atoms with van der Waals surface area (Å²) in [6.07, 6.45) is 4.20. The van der Waals surface area contributed by atoms with Crippen molar-refractivity contribution in [1.29, 1.82) is 0 Å². The fourth-order valence-corrected chi connectivity index (χ4v) is 3.16. The predicted molar refractivity (Wildman–Crippen MR) is 105 cm³/mol. The number of guanidine groups is 1. The molecule has 6 heteroatoms. The van der Waals surface area contributed by atoms with Crippen molar-refractivity contribution in [2.24, 2.45) is 4.99 Å². The molecule has 1 fully saturated rings. The monoisotopic (exact) mass is 355 g/mol. The highest BCUT2D eigenvalue weighted by Gasteiger charge is 2.20. The Morgan fingerprint density at radius 1 is 1.31 bits per heavy atom. The molecule has 140 valence electrons. The van der Waals surface area contributed by atoms with Gasteiger partial charge in [0.25, 0.3) is 0 Å². The average Bonchev–Trinajstić information content (AvgIpc) is 3.27. The lowest BCUT2D eigenvalue weighted by Crippen LogP contribution is -2.44. The molecule has 0 radical (unpaired) electrons. The van der Waals surface area contributed by atoms with Crippen LogP contribution in [0.1, 0.15) is 31.0 Å². The number of aromatic nitrogens is 1. The van der Waals surface area contributed by atoms with Gasteiger partial charge in [0.05, 0.1) is 6.54 Å². The Morgan fingerprint density at radius 3 is 2.81 bits per heavy atom. The fourth-order valence-electron chi connectivity index (χ4n) is 3.16. The molecule has 1 atom stereocenters. The maximum Gasteiger partial charge on any atom is 0.226 e. The van der Waals surface area contributed by atoms with Crippen LogP contribution < -0.4 is 10.6 Å². The number of aliphatic imine (C=N–C) groups is 1. The molecule has 2 heterocycles. The number of hydrogen-bond donors (Lipinski definition) is 2. The summed E-state index contributed by atoms with van der Waals surface area (Å²) in [7, 11) is 2.19. The Hall–Kier alpha value is -2.34. The number of aryl methyl sites for hydroxylation is 1. The maximum atomic E-state index is 5.61. The van der Waals surface area contributed by atoms with Gasteiger partial charge >= 0.3 is 0 Å². The predicted octanol–water partition coefficient (Wildman–Crippen LogP) is 2.80. The first-order valence-electron chi connectivity index (χ1n) is 9.39. The van der Waals surface area contributed by atoms with Crippen LogP contribution in [-0.4, -0.2) is 48.6 Å². The van der Waals surface area contributed by atoms with Crippen molar-refractivity contribution in [1.82, 2.24) is 20.5 Å². The maximum absolute atomic E-state index is 5.61. The van der Waals surface area contributed by atoms with E-state index in [0.717, 1.165) is 30.3 Å². The number of nitrogens with zero attached hydrogens (tertiary/aromatic N) is 3. The standard InChI is InChI=1S/C20H29N5O/c1-4-21-20(23-13-18-6-5-11-25(18)3)22-12-17-14-26-19(24-17)16-9-7-15(2)8-10-16/h7-10,14,18H,4-6,11-13H2,1-3H3,(H2,21,22,23). The third-order valence-electron chi connectivity index (χ3n) is 4.77. The number of nitrogens with one attached hydrogen (secondary N) is 2. The number of rotatable bonds is 6. The van der Waals surface area contributed by atoms with Gasteiger partial charge in [-0.2, -0.15) is 0 Å². The lowest BCUT2D eigenvalue weighted by Gasteiger charge is -2.21. The molecule has 0 spiro atoms. The minimum absolute atomic E-state index is 0.491. The molecular formula is C20H29N5O. The lowest BCUT2D eigenvalue weighted by atomic mass is 10.1. The molecule has 1 saturated heterocycles. The summed E-state index contributed by atoms with van der Waals surface area (Å²) in [6, 6.07) is 8.75. The molecule has 3 rings (SSSR count). The summed E-state index contributed by atoms with van der Waals surface area (Å²) in [6.45, 7) is 7.56. The average molecular weight is 355 g/mol. The van der Waals surface area contributed by atoms with E-state index < -0.39 is 0 Å². The highest BCUT2D eigenvalue weighted by Crippen LogP contribution is 2.19. The molecule has 0 amide bonds. The first kappa shape index (κ1) is 18.5. The van der Waals surface area contributed by atoms with Gasteiger partial charge < -0.3 is 20.0 Å². The number of hydrogen-bond acceptors (Lipinski definition) is 4. The van der Waals surface area contributed by atoms with Gasteiger partial charge in [-0.05, 0) is 52.4 Å². The van der Waals surface area contributed by atoms with Gasteiger partial charge in [0.1, 0.15) is 12.0 Å². The number of likely N-dealkylation sites (N-methyl/N-ethyl adjacent to an activating group) is 1.